The number of primary amides is 1. The number of nitrogens with two attached hydrogens (primary N) is 2. The lowest BCUT2D eigenvalue weighted by molar-refractivity contribution is -0.144. The summed E-state index contributed by atoms with van der Waals surface area (Å²) in [4.78, 5) is 21.6. The van der Waals surface area contributed by atoms with Crippen LogP contribution in [0.3, 0.4) is 0 Å². The van der Waals surface area contributed by atoms with Crippen LogP contribution in [0.4, 0.5) is 0 Å². The molecule has 0 fully saturated rings. The molecule has 0 aliphatic rings. The molecule has 5 heteroatoms. The lowest BCUT2D eigenvalue weighted by atomic mass is 10.1. The predicted molar refractivity (Wildman–Crippen MR) is 56.9 cm³/mol. The number of unbranched alkanes of at least 4 members (excludes halogenated alkanes) is 1. The maximum Gasteiger partial charge on any atom is 0.305 e. The molecule has 0 radical (unpaired) electrons. The molecule has 0 aliphatic heterocycles. The van der Waals surface area contributed by atoms with Crippen LogP contribution in [-0.2, 0) is 14.3 Å². The van der Waals surface area contributed by atoms with Gasteiger partial charge in [-0.15, -0.1) is 0 Å². The standard InChI is InChI=1S/C10H20N2O3/c1-2-3-6-15-10(14)5-4-8(11)7-9(12)13/h8H,2-7,11H2,1H3,(H2,12,13). The zero-order valence-corrected chi connectivity index (χ0v) is 9.20. The fourth-order valence-corrected chi connectivity index (χ4v) is 1.07. The van der Waals surface area contributed by atoms with Gasteiger partial charge in [-0.05, 0) is 12.8 Å². The van der Waals surface area contributed by atoms with Gasteiger partial charge in [-0.3, -0.25) is 9.59 Å². The Morgan fingerprint density at radius 1 is 1.40 bits per heavy atom. The molecule has 1 unspecified atom stereocenters. The molecule has 5 nitrogen and oxygen atoms in total. The van der Waals surface area contributed by atoms with Gasteiger partial charge in [0, 0.05) is 18.9 Å². The molecule has 1 atom stereocenters. The van der Waals surface area contributed by atoms with E-state index in [2.05, 4.69) is 0 Å². The van der Waals surface area contributed by atoms with Gasteiger partial charge in [0.15, 0.2) is 0 Å². The van der Waals surface area contributed by atoms with Gasteiger partial charge in [-0.25, -0.2) is 0 Å². The first-order chi connectivity index (χ1) is 7.06. The van der Waals surface area contributed by atoms with Crippen molar-refractivity contribution in [2.75, 3.05) is 6.61 Å². The Morgan fingerprint density at radius 3 is 2.60 bits per heavy atom. The van der Waals surface area contributed by atoms with Crippen molar-refractivity contribution in [2.24, 2.45) is 11.5 Å². The van der Waals surface area contributed by atoms with Crippen molar-refractivity contribution >= 4 is 11.9 Å². The summed E-state index contributed by atoms with van der Waals surface area (Å²) in [6.07, 6.45) is 2.67. The van der Waals surface area contributed by atoms with Gasteiger partial charge >= 0.3 is 5.97 Å². The molecular formula is C10H20N2O3. The van der Waals surface area contributed by atoms with E-state index in [4.69, 9.17) is 16.2 Å². The highest BCUT2D eigenvalue weighted by Gasteiger charge is 2.10. The quantitative estimate of drug-likeness (QED) is 0.451. The van der Waals surface area contributed by atoms with Crippen LogP contribution < -0.4 is 11.5 Å². The van der Waals surface area contributed by atoms with Crippen molar-refractivity contribution in [1.29, 1.82) is 0 Å². The third-order valence-electron chi connectivity index (χ3n) is 1.94. The number of esters is 1. The summed E-state index contributed by atoms with van der Waals surface area (Å²) in [7, 11) is 0. The van der Waals surface area contributed by atoms with Gasteiger partial charge in [0.05, 0.1) is 6.61 Å². The van der Waals surface area contributed by atoms with E-state index in [0.717, 1.165) is 12.8 Å². The molecule has 0 spiro atoms. The van der Waals surface area contributed by atoms with E-state index in [1.807, 2.05) is 6.92 Å². The van der Waals surface area contributed by atoms with Crippen LogP contribution in [-0.4, -0.2) is 24.5 Å². The van der Waals surface area contributed by atoms with Gasteiger partial charge in [0.25, 0.3) is 0 Å². The molecule has 1 amide bonds. The topological polar surface area (TPSA) is 95.4 Å². The Labute approximate surface area is 90.1 Å². The molecule has 0 bridgehead atoms. The number of amides is 1. The number of ether oxygens (including phenoxy) is 1. The molecule has 0 aromatic carbocycles. The minimum Gasteiger partial charge on any atom is -0.466 e. The second kappa shape index (κ2) is 8.23. The second-order valence-corrected chi connectivity index (χ2v) is 3.54. The molecule has 0 rings (SSSR count). The van der Waals surface area contributed by atoms with Crippen molar-refractivity contribution in [3.05, 3.63) is 0 Å². The summed E-state index contributed by atoms with van der Waals surface area (Å²) in [5, 5.41) is 0. The van der Waals surface area contributed by atoms with Crippen LogP contribution in [0.15, 0.2) is 0 Å². The monoisotopic (exact) mass is 216 g/mol. The molecular weight excluding hydrogens is 196 g/mol. The lowest BCUT2D eigenvalue weighted by Crippen LogP contribution is -2.28. The van der Waals surface area contributed by atoms with Crippen molar-refractivity contribution in [3.8, 4) is 0 Å². The Hall–Kier alpha value is -1.10. The number of hydrogen-bond acceptors (Lipinski definition) is 4. The van der Waals surface area contributed by atoms with E-state index in [9.17, 15) is 9.59 Å². The summed E-state index contributed by atoms with van der Waals surface area (Å²) in [6.45, 7) is 2.48. The normalized spacial score (nSPS) is 12.1. The molecule has 0 heterocycles. The summed E-state index contributed by atoms with van der Waals surface area (Å²) in [5.74, 6) is -0.703. The Bertz CT molecular complexity index is 207. The molecule has 0 saturated heterocycles. The predicted octanol–water partition coefficient (Wildman–Crippen LogP) is 0.313. The zero-order chi connectivity index (χ0) is 11.7. The molecule has 0 aromatic heterocycles. The summed E-state index contributed by atoms with van der Waals surface area (Å²) < 4.78 is 4.93. The van der Waals surface area contributed by atoms with Gasteiger partial charge < -0.3 is 16.2 Å². The average Bonchev–Trinajstić information content (AvgIpc) is 2.14. The fraction of sp³-hybridized carbons (Fsp3) is 0.800. The molecule has 0 aliphatic carbocycles. The van der Waals surface area contributed by atoms with Crippen molar-refractivity contribution in [1.82, 2.24) is 0 Å². The smallest absolute Gasteiger partial charge is 0.305 e. The summed E-state index contributed by atoms with van der Waals surface area (Å²) in [5.41, 5.74) is 10.5. The molecule has 0 saturated carbocycles. The first kappa shape index (κ1) is 13.9. The van der Waals surface area contributed by atoms with E-state index in [1.54, 1.807) is 0 Å². The number of carbonyl (C=O) groups excluding carboxylic acids is 2. The molecule has 0 aromatic rings. The maximum absolute atomic E-state index is 11.1. The average molecular weight is 216 g/mol. The first-order valence-electron chi connectivity index (χ1n) is 5.25. The second-order valence-electron chi connectivity index (χ2n) is 3.54. The SMILES string of the molecule is CCCCOC(=O)CCC(N)CC(N)=O. The van der Waals surface area contributed by atoms with Crippen LogP contribution >= 0.6 is 0 Å². The van der Waals surface area contributed by atoms with Crippen molar-refractivity contribution in [3.63, 3.8) is 0 Å². The van der Waals surface area contributed by atoms with Gasteiger partial charge in [-0.2, -0.15) is 0 Å². The van der Waals surface area contributed by atoms with E-state index in [0.29, 0.717) is 13.0 Å². The minimum absolute atomic E-state index is 0.113. The van der Waals surface area contributed by atoms with E-state index in [1.165, 1.54) is 0 Å². The van der Waals surface area contributed by atoms with E-state index < -0.39 is 5.91 Å². The number of carbonyl (C=O) groups is 2. The molecule has 15 heavy (non-hydrogen) atoms. The van der Waals surface area contributed by atoms with Crippen LogP contribution in [0.25, 0.3) is 0 Å². The van der Waals surface area contributed by atoms with Crippen LogP contribution in [0.5, 0.6) is 0 Å². The van der Waals surface area contributed by atoms with Gasteiger partial charge in [0.2, 0.25) is 5.91 Å². The lowest BCUT2D eigenvalue weighted by Gasteiger charge is -2.08. The van der Waals surface area contributed by atoms with E-state index >= 15 is 0 Å². The molecule has 88 valence electrons. The Morgan fingerprint density at radius 2 is 2.07 bits per heavy atom. The fourth-order valence-electron chi connectivity index (χ4n) is 1.07. The zero-order valence-electron chi connectivity index (χ0n) is 9.20. The highest BCUT2D eigenvalue weighted by Crippen LogP contribution is 2.01. The highest BCUT2D eigenvalue weighted by atomic mass is 16.5. The van der Waals surface area contributed by atoms with Crippen LogP contribution in [0, 0.1) is 0 Å². The van der Waals surface area contributed by atoms with Crippen molar-refractivity contribution in [2.45, 2.75) is 45.1 Å². The Kier molecular flexibility index (Phi) is 7.62. The first-order valence-corrected chi connectivity index (χ1v) is 5.25. The minimum atomic E-state index is -0.443. The third-order valence-corrected chi connectivity index (χ3v) is 1.94. The van der Waals surface area contributed by atoms with Crippen LogP contribution in [0.1, 0.15) is 39.0 Å². The van der Waals surface area contributed by atoms with Gasteiger partial charge in [-0.1, -0.05) is 13.3 Å². The number of rotatable bonds is 8. The van der Waals surface area contributed by atoms with Gasteiger partial charge in [0.1, 0.15) is 0 Å². The van der Waals surface area contributed by atoms with Crippen molar-refractivity contribution < 1.29 is 14.3 Å². The highest BCUT2D eigenvalue weighted by molar-refractivity contribution is 5.74. The van der Waals surface area contributed by atoms with E-state index in [-0.39, 0.29) is 24.9 Å². The third kappa shape index (κ3) is 9.21. The van der Waals surface area contributed by atoms with Crippen LogP contribution in [0.2, 0.25) is 0 Å². The number of hydrogen-bond donors (Lipinski definition) is 2. The maximum atomic E-state index is 11.1. The largest absolute Gasteiger partial charge is 0.466 e. The summed E-state index contributed by atoms with van der Waals surface area (Å²) in [6, 6.07) is -0.346. The Balaban J connectivity index is 3.48. The summed E-state index contributed by atoms with van der Waals surface area (Å²) >= 11 is 0. The molecule has 4 N–H and O–H groups in total.